The third kappa shape index (κ3) is 3.00. The lowest BCUT2D eigenvalue weighted by atomic mass is 10.1. The molecule has 0 N–H and O–H groups in total. The summed E-state index contributed by atoms with van der Waals surface area (Å²) in [5, 5.41) is 12.9. The van der Waals surface area contributed by atoms with E-state index in [-0.39, 0.29) is 12.2 Å². The summed E-state index contributed by atoms with van der Waals surface area (Å²) in [6.45, 7) is 3.98. The van der Waals surface area contributed by atoms with Crippen LogP contribution in [0, 0.1) is 5.92 Å². The molecule has 1 saturated carbocycles. The molecular weight excluding hydrogens is 312 g/mol. The summed E-state index contributed by atoms with van der Waals surface area (Å²) in [5.41, 5.74) is 0.978. The number of ether oxygens (including phenoxy) is 2. The molecule has 1 aromatic carbocycles. The molecular formula is C16H20N4O2S. The Morgan fingerprint density at radius 2 is 2.04 bits per heavy atom. The van der Waals surface area contributed by atoms with E-state index < -0.39 is 5.79 Å². The predicted molar refractivity (Wildman–Crippen MR) is 86.4 cm³/mol. The van der Waals surface area contributed by atoms with Crippen molar-refractivity contribution in [3.8, 4) is 5.69 Å². The van der Waals surface area contributed by atoms with Crippen molar-refractivity contribution in [2.75, 3.05) is 5.75 Å². The number of rotatable bonds is 4. The number of para-hydroxylation sites is 1. The highest BCUT2D eigenvalue weighted by atomic mass is 32.2. The van der Waals surface area contributed by atoms with Crippen molar-refractivity contribution in [1.29, 1.82) is 0 Å². The first kappa shape index (κ1) is 15.1. The van der Waals surface area contributed by atoms with E-state index in [0.29, 0.717) is 5.92 Å². The smallest absolute Gasteiger partial charge is 0.214 e. The van der Waals surface area contributed by atoms with Crippen LogP contribution in [-0.2, 0) is 9.47 Å². The molecule has 7 heteroatoms. The average Bonchev–Trinajstić information content (AvgIpc) is 3.20. The highest BCUT2D eigenvalue weighted by molar-refractivity contribution is 7.99. The number of aromatic nitrogens is 4. The highest BCUT2D eigenvalue weighted by Gasteiger charge is 2.48. The molecule has 4 rings (SSSR count). The summed E-state index contributed by atoms with van der Waals surface area (Å²) in [4.78, 5) is 0. The molecule has 0 unspecified atom stereocenters. The van der Waals surface area contributed by atoms with Crippen LogP contribution in [0.3, 0.4) is 0 Å². The van der Waals surface area contributed by atoms with Crippen molar-refractivity contribution in [2.45, 2.75) is 49.8 Å². The second-order valence-corrected chi connectivity index (χ2v) is 7.48. The fraction of sp³-hybridized carbons (Fsp3) is 0.562. The van der Waals surface area contributed by atoms with E-state index in [4.69, 9.17) is 9.47 Å². The Balaban J connectivity index is 1.44. The van der Waals surface area contributed by atoms with Gasteiger partial charge in [0.25, 0.3) is 0 Å². The minimum atomic E-state index is -0.454. The van der Waals surface area contributed by atoms with Crippen LogP contribution in [0.25, 0.3) is 5.69 Å². The maximum Gasteiger partial charge on any atom is 0.214 e. The molecule has 2 fully saturated rings. The van der Waals surface area contributed by atoms with Crippen molar-refractivity contribution in [3.63, 3.8) is 0 Å². The summed E-state index contributed by atoms with van der Waals surface area (Å²) in [6, 6.07) is 9.96. The van der Waals surface area contributed by atoms with Crippen molar-refractivity contribution in [1.82, 2.24) is 20.2 Å². The standard InChI is InChI=1S/C16H20N4O2S/c1-16(2)21-13-9-8-11(14(13)22-16)10-23-15-17-18-19-20(15)12-6-4-3-5-7-12/h3-7,11,13-14H,8-10H2,1-2H3/t11-,13+,14-/m1/s1. The van der Waals surface area contributed by atoms with Gasteiger partial charge < -0.3 is 9.47 Å². The first-order chi connectivity index (χ1) is 11.1. The van der Waals surface area contributed by atoms with E-state index in [1.807, 2.05) is 44.2 Å². The highest BCUT2D eigenvalue weighted by Crippen LogP contribution is 2.43. The van der Waals surface area contributed by atoms with Gasteiger partial charge in [-0.3, -0.25) is 0 Å². The Hall–Kier alpha value is -1.44. The zero-order chi connectivity index (χ0) is 15.9. The number of thioether (sulfide) groups is 1. The molecule has 2 aliphatic rings. The van der Waals surface area contributed by atoms with E-state index in [9.17, 15) is 0 Å². The number of hydrogen-bond donors (Lipinski definition) is 0. The van der Waals surface area contributed by atoms with E-state index in [1.165, 1.54) is 0 Å². The lowest BCUT2D eigenvalue weighted by molar-refractivity contribution is -0.155. The summed E-state index contributed by atoms with van der Waals surface area (Å²) in [7, 11) is 0. The van der Waals surface area contributed by atoms with Crippen LogP contribution in [0.2, 0.25) is 0 Å². The van der Waals surface area contributed by atoms with Gasteiger partial charge in [-0.25, -0.2) is 0 Å². The quantitative estimate of drug-likeness (QED) is 0.802. The zero-order valence-corrected chi connectivity index (χ0v) is 14.1. The maximum atomic E-state index is 6.08. The Morgan fingerprint density at radius 3 is 2.87 bits per heavy atom. The lowest BCUT2D eigenvalue weighted by Crippen LogP contribution is -2.26. The van der Waals surface area contributed by atoms with E-state index in [0.717, 1.165) is 29.4 Å². The minimum absolute atomic E-state index is 0.193. The minimum Gasteiger partial charge on any atom is -0.345 e. The van der Waals surface area contributed by atoms with Crippen LogP contribution >= 0.6 is 11.8 Å². The van der Waals surface area contributed by atoms with E-state index in [1.54, 1.807) is 16.4 Å². The molecule has 0 spiro atoms. The van der Waals surface area contributed by atoms with Crippen molar-refractivity contribution < 1.29 is 9.47 Å². The summed E-state index contributed by atoms with van der Waals surface area (Å²) >= 11 is 1.69. The molecule has 1 aromatic heterocycles. The third-order valence-corrected chi connectivity index (χ3v) is 5.48. The van der Waals surface area contributed by atoms with Crippen LogP contribution in [0.15, 0.2) is 35.5 Å². The molecule has 2 heterocycles. The fourth-order valence-corrected chi connectivity index (χ4v) is 4.47. The molecule has 1 aliphatic heterocycles. The van der Waals surface area contributed by atoms with Crippen LogP contribution in [0.1, 0.15) is 26.7 Å². The molecule has 1 aliphatic carbocycles. The molecule has 0 radical (unpaired) electrons. The maximum absolute atomic E-state index is 6.08. The van der Waals surface area contributed by atoms with Crippen molar-refractivity contribution in [3.05, 3.63) is 30.3 Å². The summed E-state index contributed by atoms with van der Waals surface area (Å²) in [6.07, 6.45) is 2.63. The Labute approximate surface area is 139 Å². The SMILES string of the molecule is CC1(C)O[C@@H]2[C@@H](CSc3nnnn3-c3ccccc3)CC[C@@H]2O1. The van der Waals surface area contributed by atoms with Crippen molar-refractivity contribution in [2.24, 2.45) is 5.92 Å². The van der Waals surface area contributed by atoms with Gasteiger partial charge in [0.05, 0.1) is 17.9 Å². The topological polar surface area (TPSA) is 62.1 Å². The van der Waals surface area contributed by atoms with Gasteiger partial charge in [0, 0.05) is 5.75 Å². The first-order valence-electron chi connectivity index (χ1n) is 7.95. The van der Waals surface area contributed by atoms with Gasteiger partial charge in [-0.05, 0) is 55.2 Å². The second-order valence-electron chi connectivity index (χ2n) is 6.50. The van der Waals surface area contributed by atoms with Gasteiger partial charge >= 0.3 is 0 Å². The van der Waals surface area contributed by atoms with Gasteiger partial charge in [-0.15, -0.1) is 5.10 Å². The van der Waals surface area contributed by atoms with E-state index in [2.05, 4.69) is 15.5 Å². The molecule has 0 bridgehead atoms. The van der Waals surface area contributed by atoms with Crippen LogP contribution in [0.5, 0.6) is 0 Å². The molecule has 0 amide bonds. The third-order valence-electron chi connectivity index (χ3n) is 4.38. The summed E-state index contributed by atoms with van der Waals surface area (Å²) < 4.78 is 13.8. The van der Waals surface area contributed by atoms with Gasteiger partial charge in [0.15, 0.2) is 5.79 Å². The van der Waals surface area contributed by atoms with Crippen molar-refractivity contribution >= 4 is 11.8 Å². The zero-order valence-electron chi connectivity index (χ0n) is 13.3. The molecule has 2 aromatic rings. The Bertz CT molecular complexity index is 676. The second kappa shape index (κ2) is 5.89. The molecule has 122 valence electrons. The van der Waals surface area contributed by atoms with E-state index >= 15 is 0 Å². The van der Waals surface area contributed by atoms with Crippen LogP contribution in [-0.4, -0.2) is 44.0 Å². The Kier molecular flexibility index (Phi) is 3.87. The monoisotopic (exact) mass is 332 g/mol. The number of nitrogens with zero attached hydrogens (tertiary/aromatic N) is 4. The van der Waals surface area contributed by atoms with Crippen LogP contribution in [0.4, 0.5) is 0 Å². The van der Waals surface area contributed by atoms with Gasteiger partial charge in [-0.1, -0.05) is 30.0 Å². The van der Waals surface area contributed by atoms with Gasteiger partial charge in [-0.2, -0.15) is 4.68 Å². The summed E-state index contributed by atoms with van der Waals surface area (Å²) in [5.74, 6) is 0.964. The fourth-order valence-electron chi connectivity index (χ4n) is 3.39. The molecule has 3 atom stereocenters. The molecule has 1 saturated heterocycles. The molecule has 23 heavy (non-hydrogen) atoms. The largest absolute Gasteiger partial charge is 0.345 e. The number of hydrogen-bond acceptors (Lipinski definition) is 6. The normalized spacial score (nSPS) is 28.9. The molecule has 6 nitrogen and oxygen atoms in total. The number of fused-ring (bicyclic) bond motifs is 1. The number of tetrazole rings is 1. The average molecular weight is 332 g/mol. The number of benzene rings is 1. The Morgan fingerprint density at radius 1 is 1.22 bits per heavy atom. The van der Waals surface area contributed by atoms with Gasteiger partial charge in [0.1, 0.15) is 0 Å². The lowest BCUT2D eigenvalue weighted by Gasteiger charge is -2.21. The van der Waals surface area contributed by atoms with Crippen LogP contribution < -0.4 is 0 Å². The van der Waals surface area contributed by atoms with Gasteiger partial charge in [0.2, 0.25) is 5.16 Å². The predicted octanol–water partition coefficient (Wildman–Crippen LogP) is 2.68. The first-order valence-corrected chi connectivity index (χ1v) is 8.93.